The first-order chi connectivity index (χ1) is 8.44. The lowest BCUT2D eigenvalue weighted by molar-refractivity contribution is 0.212. The zero-order valence-corrected chi connectivity index (χ0v) is 12.6. The average Bonchev–Trinajstić information content (AvgIpc) is 2.29. The highest BCUT2D eigenvalue weighted by Gasteiger charge is 2.35. The van der Waals surface area contributed by atoms with Crippen molar-refractivity contribution in [3.63, 3.8) is 0 Å². The highest BCUT2D eigenvalue weighted by Crippen LogP contribution is 2.59. The predicted molar refractivity (Wildman–Crippen MR) is 74.2 cm³/mol. The average molecular weight is 312 g/mol. The molecule has 4 nitrogen and oxygen atoms in total. The fourth-order valence-corrected chi connectivity index (χ4v) is 3.75. The zero-order valence-electron chi connectivity index (χ0n) is 10.2. The van der Waals surface area contributed by atoms with Gasteiger partial charge in [0, 0.05) is 10.0 Å². The summed E-state index contributed by atoms with van der Waals surface area (Å²) in [7, 11) is -3.42. The minimum atomic E-state index is -3.42. The van der Waals surface area contributed by atoms with Gasteiger partial charge in [-0.25, -0.2) is 0 Å². The molecule has 0 amide bonds. The van der Waals surface area contributed by atoms with Gasteiger partial charge in [0.15, 0.2) is 0 Å². The van der Waals surface area contributed by atoms with Crippen molar-refractivity contribution in [2.24, 2.45) is 5.73 Å². The molecule has 0 aromatic heterocycles. The minimum absolute atomic E-state index is 0.246. The molecular formula is C11H16Cl2NO3P. The third-order valence-corrected chi connectivity index (χ3v) is 5.00. The van der Waals surface area contributed by atoms with Crippen molar-refractivity contribution >= 4 is 30.8 Å². The van der Waals surface area contributed by atoms with E-state index >= 15 is 0 Å². The molecule has 0 radical (unpaired) electrons. The van der Waals surface area contributed by atoms with Gasteiger partial charge in [-0.15, -0.1) is 0 Å². The third-order valence-electron chi connectivity index (χ3n) is 2.24. The van der Waals surface area contributed by atoms with Crippen LogP contribution in [0.5, 0.6) is 0 Å². The Labute approximate surface area is 117 Å². The fourth-order valence-electron chi connectivity index (χ4n) is 1.47. The van der Waals surface area contributed by atoms with E-state index in [1.807, 2.05) is 0 Å². The maximum atomic E-state index is 12.5. The van der Waals surface area contributed by atoms with Crippen LogP contribution in [0.15, 0.2) is 18.2 Å². The van der Waals surface area contributed by atoms with Gasteiger partial charge < -0.3 is 14.8 Å². The van der Waals surface area contributed by atoms with Crippen LogP contribution in [0.1, 0.15) is 25.2 Å². The van der Waals surface area contributed by atoms with E-state index in [2.05, 4.69) is 0 Å². The van der Waals surface area contributed by atoms with E-state index in [4.69, 9.17) is 38.0 Å². The molecule has 7 heteroatoms. The Morgan fingerprint density at radius 1 is 1.28 bits per heavy atom. The van der Waals surface area contributed by atoms with Gasteiger partial charge in [-0.1, -0.05) is 29.3 Å². The van der Waals surface area contributed by atoms with E-state index in [1.54, 1.807) is 32.0 Å². The molecule has 0 bridgehead atoms. The zero-order chi connectivity index (χ0) is 13.8. The van der Waals surface area contributed by atoms with Crippen molar-refractivity contribution in [1.82, 2.24) is 0 Å². The largest absolute Gasteiger partial charge is 0.351 e. The van der Waals surface area contributed by atoms with Crippen LogP contribution in [-0.4, -0.2) is 13.2 Å². The Morgan fingerprint density at radius 2 is 1.83 bits per heavy atom. The standard InChI is InChI=1S/C11H16Cl2NO3P/c1-3-16-18(15,17-4-2)11(14)9-6-5-8(12)7-10(9)13/h5-7,11H,3-4,14H2,1-2H3. The topological polar surface area (TPSA) is 61.5 Å². The second-order valence-electron chi connectivity index (χ2n) is 3.49. The molecule has 1 rings (SSSR count). The first-order valence-corrected chi connectivity index (χ1v) is 7.90. The SMILES string of the molecule is CCOP(=O)(OCC)C(N)c1ccc(Cl)cc1Cl. The van der Waals surface area contributed by atoms with Gasteiger partial charge in [0.1, 0.15) is 5.78 Å². The van der Waals surface area contributed by atoms with Crippen LogP contribution in [0.3, 0.4) is 0 Å². The Balaban J connectivity index is 3.09. The molecule has 102 valence electrons. The van der Waals surface area contributed by atoms with Gasteiger partial charge in [0.2, 0.25) is 0 Å². The van der Waals surface area contributed by atoms with E-state index in [1.165, 1.54) is 0 Å². The number of hydrogen-bond acceptors (Lipinski definition) is 4. The van der Waals surface area contributed by atoms with Gasteiger partial charge in [0.25, 0.3) is 0 Å². The number of rotatable bonds is 6. The maximum absolute atomic E-state index is 12.5. The number of hydrogen-bond donors (Lipinski definition) is 1. The van der Waals surface area contributed by atoms with Crippen molar-refractivity contribution < 1.29 is 13.6 Å². The second-order valence-corrected chi connectivity index (χ2v) is 6.48. The summed E-state index contributed by atoms with van der Waals surface area (Å²) in [6.45, 7) is 3.94. The molecule has 0 spiro atoms. The molecule has 0 aliphatic heterocycles. The summed E-state index contributed by atoms with van der Waals surface area (Å²) in [6, 6.07) is 4.80. The van der Waals surface area contributed by atoms with E-state index < -0.39 is 13.4 Å². The van der Waals surface area contributed by atoms with Crippen LogP contribution in [0, 0.1) is 0 Å². The van der Waals surface area contributed by atoms with E-state index in [0.717, 1.165) is 0 Å². The molecule has 0 saturated carbocycles. The monoisotopic (exact) mass is 311 g/mol. The molecule has 2 N–H and O–H groups in total. The van der Waals surface area contributed by atoms with Gasteiger partial charge in [-0.2, -0.15) is 0 Å². The molecule has 1 unspecified atom stereocenters. The van der Waals surface area contributed by atoms with Crippen LogP contribution < -0.4 is 5.73 Å². The minimum Gasteiger partial charge on any atom is -0.314 e. The Bertz CT molecular complexity index is 446. The van der Waals surface area contributed by atoms with Crippen molar-refractivity contribution in [2.45, 2.75) is 19.6 Å². The predicted octanol–water partition coefficient (Wildman–Crippen LogP) is 4.22. The Hall–Kier alpha value is -0.0900. The van der Waals surface area contributed by atoms with E-state index in [-0.39, 0.29) is 13.2 Å². The lowest BCUT2D eigenvalue weighted by Crippen LogP contribution is -2.15. The van der Waals surface area contributed by atoms with Gasteiger partial charge in [-0.05, 0) is 31.5 Å². The summed E-state index contributed by atoms with van der Waals surface area (Å²) in [5, 5.41) is 0.827. The maximum Gasteiger partial charge on any atom is 0.351 e. The molecule has 0 aliphatic carbocycles. The lowest BCUT2D eigenvalue weighted by Gasteiger charge is -2.24. The number of halogens is 2. The number of benzene rings is 1. The van der Waals surface area contributed by atoms with Gasteiger partial charge >= 0.3 is 7.60 Å². The molecule has 1 aromatic carbocycles. The lowest BCUT2D eigenvalue weighted by atomic mass is 10.2. The molecule has 1 atom stereocenters. The smallest absolute Gasteiger partial charge is 0.314 e. The summed E-state index contributed by atoms with van der Waals surface area (Å²) in [5.74, 6) is -0.929. The number of nitrogens with two attached hydrogens (primary N) is 1. The fraction of sp³-hybridized carbons (Fsp3) is 0.455. The molecule has 0 heterocycles. The molecule has 18 heavy (non-hydrogen) atoms. The van der Waals surface area contributed by atoms with Crippen molar-refractivity contribution in [1.29, 1.82) is 0 Å². The summed E-state index contributed by atoms with van der Waals surface area (Å²) in [5.41, 5.74) is 6.45. The van der Waals surface area contributed by atoms with Crippen LogP contribution in [0.25, 0.3) is 0 Å². The first kappa shape index (κ1) is 16.0. The van der Waals surface area contributed by atoms with Crippen LogP contribution >= 0.6 is 30.8 Å². The van der Waals surface area contributed by atoms with Crippen LogP contribution in [-0.2, 0) is 13.6 Å². The van der Waals surface area contributed by atoms with E-state index in [9.17, 15) is 4.57 Å². The Morgan fingerprint density at radius 3 is 2.28 bits per heavy atom. The van der Waals surface area contributed by atoms with Crippen molar-refractivity contribution in [2.75, 3.05) is 13.2 Å². The normalized spacial score (nSPS) is 13.6. The van der Waals surface area contributed by atoms with Crippen LogP contribution in [0.2, 0.25) is 10.0 Å². The third kappa shape index (κ3) is 3.70. The summed E-state index contributed by atoms with van der Waals surface area (Å²) in [6.07, 6.45) is 0. The summed E-state index contributed by atoms with van der Waals surface area (Å²) in [4.78, 5) is 0. The summed E-state index contributed by atoms with van der Waals surface area (Å²) >= 11 is 11.8. The second kappa shape index (κ2) is 6.90. The van der Waals surface area contributed by atoms with Gasteiger partial charge in [0.05, 0.1) is 13.2 Å². The van der Waals surface area contributed by atoms with Crippen molar-refractivity contribution in [3.8, 4) is 0 Å². The highest BCUT2D eigenvalue weighted by atomic mass is 35.5. The molecule has 0 aliphatic rings. The molecule has 0 saturated heterocycles. The first-order valence-electron chi connectivity index (χ1n) is 5.54. The molecular weight excluding hydrogens is 296 g/mol. The Kier molecular flexibility index (Phi) is 6.12. The quantitative estimate of drug-likeness (QED) is 0.799. The summed E-state index contributed by atoms with van der Waals surface area (Å²) < 4.78 is 22.9. The molecule has 0 fully saturated rings. The van der Waals surface area contributed by atoms with E-state index in [0.29, 0.717) is 15.6 Å². The highest BCUT2D eigenvalue weighted by molar-refractivity contribution is 7.54. The van der Waals surface area contributed by atoms with Crippen LogP contribution in [0.4, 0.5) is 0 Å². The van der Waals surface area contributed by atoms with Crippen molar-refractivity contribution in [3.05, 3.63) is 33.8 Å². The molecule has 1 aromatic rings. The van der Waals surface area contributed by atoms with Gasteiger partial charge in [-0.3, -0.25) is 4.57 Å².